The molecule has 0 bridgehead atoms. The average molecular weight is 715 g/mol. The van der Waals surface area contributed by atoms with Crippen LogP contribution < -0.4 is 15.0 Å². The lowest BCUT2D eigenvalue weighted by molar-refractivity contribution is 0.122. The molecule has 15 heteroatoms. The van der Waals surface area contributed by atoms with Crippen LogP contribution in [0.25, 0.3) is 0 Å². The number of hydrogen-bond acceptors (Lipinski definition) is 10. The van der Waals surface area contributed by atoms with Gasteiger partial charge in [0.2, 0.25) is 5.75 Å². The molecule has 3 heterocycles. The topological polar surface area (TPSA) is 122 Å². The van der Waals surface area contributed by atoms with E-state index in [0.717, 1.165) is 23.5 Å². The predicted octanol–water partition coefficient (Wildman–Crippen LogP) is 5.10. The lowest BCUT2D eigenvalue weighted by Crippen LogP contribution is -2.37. The molecule has 0 radical (unpaired) electrons. The SMILES string of the molecule is COc1c(Nc2cc(C)[nH]n2)nc(Sc2ccc(S(=O)(=O)Cc3cccc(I)c3F)cc2F)nc1N1CCOCC1. The maximum atomic E-state index is 15.3. The zero-order valence-electron chi connectivity index (χ0n) is 21.9. The Morgan fingerprint density at radius 1 is 1.17 bits per heavy atom. The van der Waals surface area contributed by atoms with Gasteiger partial charge in [-0.25, -0.2) is 27.2 Å². The molecule has 1 saturated heterocycles. The lowest BCUT2D eigenvalue weighted by Gasteiger charge is -2.29. The van der Waals surface area contributed by atoms with Crippen molar-refractivity contribution < 1.29 is 26.7 Å². The van der Waals surface area contributed by atoms with Gasteiger partial charge in [0.1, 0.15) is 11.6 Å². The molecule has 0 unspecified atom stereocenters. The summed E-state index contributed by atoms with van der Waals surface area (Å²) in [6.45, 7) is 4.02. The van der Waals surface area contributed by atoms with E-state index < -0.39 is 27.2 Å². The van der Waals surface area contributed by atoms with Gasteiger partial charge in [0.25, 0.3) is 0 Å². The van der Waals surface area contributed by atoms with Crippen molar-refractivity contribution >= 4 is 61.6 Å². The molecule has 5 rings (SSSR count). The summed E-state index contributed by atoms with van der Waals surface area (Å²) < 4.78 is 67.2. The number of methoxy groups -OCH3 is 1. The molecule has 0 atom stereocenters. The Kier molecular flexibility index (Phi) is 8.96. The van der Waals surface area contributed by atoms with Crippen LogP contribution in [0.4, 0.5) is 26.2 Å². The summed E-state index contributed by atoms with van der Waals surface area (Å²) in [5.41, 5.74) is 0.857. The fourth-order valence-electron chi connectivity index (χ4n) is 4.13. The summed E-state index contributed by atoms with van der Waals surface area (Å²) in [6.07, 6.45) is 0. The molecular formula is C26H25F2IN6O4S2. The molecule has 41 heavy (non-hydrogen) atoms. The average Bonchev–Trinajstić information content (AvgIpc) is 3.36. The van der Waals surface area contributed by atoms with Crippen molar-refractivity contribution in [3.05, 3.63) is 68.9 Å². The number of benzene rings is 2. The highest BCUT2D eigenvalue weighted by molar-refractivity contribution is 14.1. The number of anilines is 3. The summed E-state index contributed by atoms with van der Waals surface area (Å²) in [5.74, 6) is -0.238. The number of morpholine rings is 1. The fourth-order valence-corrected chi connectivity index (χ4v) is 6.80. The Labute approximate surface area is 253 Å². The molecule has 0 saturated carbocycles. The summed E-state index contributed by atoms with van der Waals surface area (Å²) in [6, 6.07) is 9.89. The van der Waals surface area contributed by atoms with Crippen LogP contribution in [0.5, 0.6) is 5.75 Å². The van der Waals surface area contributed by atoms with E-state index in [-0.39, 0.29) is 20.5 Å². The highest BCUT2D eigenvalue weighted by atomic mass is 127. The maximum Gasteiger partial charge on any atom is 0.204 e. The first-order valence-electron chi connectivity index (χ1n) is 12.4. The zero-order valence-corrected chi connectivity index (χ0v) is 25.7. The summed E-state index contributed by atoms with van der Waals surface area (Å²) >= 11 is 2.73. The third kappa shape index (κ3) is 6.73. The van der Waals surface area contributed by atoms with Crippen molar-refractivity contribution in [2.45, 2.75) is 27.6 Å². The number of ether oxygens (including phenoxy) is 2. The van der Waals surface area contributed by atoms with Crippen LogP contribution in [0.2, 0.25) is 0 Å². The van der Waals surface area contributed by atoms with E-state index in [1.165, 1.54) is 25.3 Å². The van der Waals surface area contributed by atoms with Gasteiger partial charge >= 0.3 is 0 Å². The van der Waals surface area contributed by atoms with Gasteiger partial charge in [-0.05, 0) is 65.5 Å². The van der Waals surface area contributed by atoms with Crippen LogP contribution in [0, 0.1) is 22.1 Å². The quantitative estimate of drug-likeness (QED) is 0.179. The molecule has 0 aliphatic carbocycles. The van der Waals surface area contributed by atoms with Crippen molar-refractivity contribution in [3.8, 4) is 5.75 Å². The molecule has 4 aromatic rings. The van der Waals surface area contributed by atoms with Gasteiger partial charge in [0, 0.05) is 34.0 Å². The second-order valence-electron chi connectivity index (χ2n) is 9.04. The molecule has 0 amide bonds. The molecule has 1 aliphatic heterocycles. The number of sulfone groups is 1. The predicted molar refractivity (Wildman–Crippen MR) is 159 cm³/mol. The van der Waals surface area contributed by atoms with Crippen LogP contribution in [-0.2, 0) is 20.3 Å². The zero-order chi connectivity index (χ0) is 29.1. The number of rotatable bonds is 9. The minimum absolute atomic E-state index is 0.0187. The van der Waals surface area contributed by atoms with Crippen molar-refractivity contribution in [2.75, 3.05) is 43.6 Å². The van der Waals surface area contributed by atoms with Crippen LogP contribution in [0.1, 0.15) is 11.3 Å². The smallest absolute Gasteiger partial charge is 0.204 e. The van der Waals surface area contributed by atoms with Gasteiger partial charge in [-0.15, -0.1) is 0 Å². The van der Waals surface area contributed by atoms with Crippen LogP contribution >= 0.6 is 34.4 Å². The van der Waals surface area contributed by atoms with Gasteiger partial charge in [0.15, 0.2) is 32.4 Å². The minimum atomic E-state index is -4.01. The number of H-pyrrole nitrogens is 1. The summed E-state index contributed by atoms with van der Waals surface area (Å²) in [5, 5.41) is 10.4. The standard InChI is InChI=1S/C26H25F2IN6O4S2/c1-15-12-21(34-33-15)30-24-23(38-2)25(35-8-10-39-11-9-35)32-26(31-24)40-20-7-6-17(13-18(20)27)41(36,37)14-16-4-3-5-19(29)22(16)28/h3-7,12-13H,8-11,14H2,1-2H3,(H2,30,31,32,33,34). The van der Waals surface area contributed by atoms with Gasteiger partial charge in [-0.2, -0.15) is 5.10 Å². The van der Waals surface area contributed by atoms with Gasteiger partial charge < -0.3 is 19.7 Å². The van der Waals surface area contributed by atoms with Crippen molar-refractivity contribution in [3.63, 3.8) is 0 Å². The third-order valence-electron chi connectivity index (χ3n) is 6.14. The fraction of sp³-hybridized carbons (Fsp3) is 0.269. The van der Waals surface area contributed by atoms with E-state index in [4.69, 9.17) is 9.47 Å². The Bertz CT molecular complexity index is 1680. The highest BCUT2D eigenvalue weighted by Gasteiger charge is 2.25. The van der Waals surface area contributed by atoms with E-state index >= 15 is 4.39 Å². The summed E-state index contributed by atoms with van der Waals surface area (Å²) in [4.78, 5) is 11.1. The third-order valence-corrected chi connectivity index (χ3v) is 9.55. The Morgan fingerprint density at radius 2 is 1.95 bits per heavy atom. The largest absolute Gasteiger partial charge is 0.490 e. The molecule has 2 aromatic carbocycles. The van der Waals surface area contributed by atoms with E-state index in [1.807, 2.05) is 11.8 Å². The summed E-state index contributed by atoms with van der Waals surface area (Å²) in [7, 11) is -2.50. The number of halogens is 3. The first-order chi connectivity index (χ1) is 19.6. The van der Waals surface area contributed by atoms with E-state index in [1.54, 1.807) is 40.8 Å². The number of nitrogens with one attached hydrogen (secondary N) is 2. The highest BCUT2D eigenvalue weighted by Crippen LogP contribution is 2.39. The molecular weight excluding hydrogens is 689 g/mol. The molecule has 1 fully saturated rings. The van der Waals surface area contributed by atoms with Crippen LogP contribution in [-0.4, -0.2) is 62.0 Å². The molecule has 0 spiro atoms. The number of hydrogen-bond donors (Lipinski definition) is 2. The Hall–Kier alpha value is -3.02. The first-order valence-corrected chi connectivity index (χ1v) is 15.9. The van der Waals surface area contributed by atoms with Gasteiger partial charge in [0.05, 0.1) is 35.9 Å². The molecule has 2 N–H and O–H groups in total. The van der Waals surface area contributed by atoms with E-state index in [0.29, 0.717) is 53.1 Å². The number of aromatic amines is 1. The maximum absolute atomic E-state index is 15.3. The van der Waals surface area contributed by atoms with E-state index in [2.05, 4.69) is 25.5 Å². The molecule has 216 valence electrons. The Balaban J connectivity index is 1.46. The molecule has 1 aliphatic rings. The van der Waals surface area contributed by atoms with Crippen LogP contribution in [0.15, 0.2) is 57.4 Å². The van der Waals surface area contributed by atoms with Crippen molar-refractivity contribution in [1.29, 1.82) is 0 Å². The molecule has 10 nitrogen and oxygen atoms in total. The monoisotopic (exact) mass is 714 g/mol. The lowest BCUT2D eigenvalue weighted by atomic mass is 10.2. The number of nitrogens with zero attached hydrogens (tertiary/aromatic N) is 4. The first kappa shape index (κ1) is 29.5. The number of aromatic nitrogens is 4. The minimum Gasteiger partial charge on any atom is -0.490 e. The van der Waals surface area contributed by atoms with E-state index in [9.17, 15) is 12.8 Å². The Morgan fingerprint density at radius 3 is 2.63 bits per heavy atom. The normalized spacial score (nSPS) is 13.8. The van der Waals surface area contributed by atoms with Crippen molar-refractivity contribution in [1.82, 2.24) is 20.2 Å². The van der Waals surface area contributed by atoms with Crippen molar-refractivity contribution in [2.24, 2.45) is 0 Å². The molecule has 2 aromatic heterocycles. The van der Waals surface area contributed by atoms with Gasteiger partial charge in [-0.1, -0.05) is 12.1 Å². The number of aryl methyl sites for hydroxylation is 1. The van der Waals surface area contributed by atoms with Crippen LogP contribution in [0.3, 0.4) is 0 Å². The second kappa shape index (κ2) is 12.5. The second-order valence-corrected chi connectivity index (χ2v) is 13.2. The van der Waals surface area contributed by atoms with Gasteiger partial charge in [-0.3, -0.25) is 5.10 Å².